The van der Waals surface area contributed by atoms with Crippen LogP contribution in [0.3, 0.4) is 0 Å². The van der Waals surface area contributed by atoms with Gasteiger partial charge in [-0.3, -0.25) is 0 Å². The molecule has 0 amide bonds. The number of hydrogen-bond acceptors (Lipinski definition) is 5. The first-order valence-corrected chi connectivity index (χ1v) is 9.29. The summed E-state index contributed by atoms with van der Waals surface area (Å²) in [5, 5.41) is 0.713. The van der Waals surface area contributed by atoms with Crippen molar-refractivity contribution in [3.8, 4) is 11.6 Å². The predicted molar refractivity (Wildman–Crippen MR) is 104 cm³/mol. The number of amidine groups is 1. The summed E-state index contributed by atoms with van der Waals surface area (Å²) in [5.74, 6) is 3.26. The average molecular weight is 370 g/mol. The molecule has 2 aliphatic rings. The average Bonchev–Trinajstić information content (AvgIpc) is 2.62. The van der Waals surface area contributed by atoms with E-state index in [-0.39, 0.29) is 0 Å². The number of pyridine rings is 1. The molecule has 2 aliphatic heterocycles. The van der Waals surface area contributed by atoms with Gasteiger partial charge in [-0.15, -0.1) is 0 Å². The summed E-state index contributed by atoms with van der Waals surface area (Å²) in [4.78, 5) is 6.46. The molecule has 1 aromatic heterocycles. The standard InChI is InChI=1S/C19H16ClN3OS/c1-13-3-2-4-18(21-13)24-16-7-5-14(6-8-16)17-11-15(20)12-23-9-10-25-22-19(17)23/h2-8,11-12H,9-10H2,1H3. The van der Waals surface area contributed by atoms with Crippen LogP contribution in [-0.4, -0.2) is 28.0 Å². The molecule has 4 rings (SSSR count). The molecule has 6 heteroatoms. The zero-order valence-corrected chi connectivity index (χ0v) is 15.2. The Kier molecular flexibility index (Phi) is 4.51. The molecule has 25 heavy (non-hydrogen) atoms. The van der Waals surface area contributed by atoms with Crippen molar-refractivity contribution in [3.05, 3.63) is 71.0 Å². The van der Waals surface area contributed by atoms with Crippen molar-refractivity contribution in [2.75, 3.05) is 12.3 Å². The minimum absolute atomic E-state index is 0.592. The van der Waals surface area contributed by atoms with E-state index >= 15 is 0 Å². The van der Waals surface area contributed by atoms with Crippen molar-refractivity contribution in [2.45, 2.75) is 6.92 Å². The first kappa shape index (κ1) is 16.2. The van der Waals surface area contributed by atoms with Gasteiger partial charge in [0.15, 0.2) is 0 Å². The lowest BCUT2D eigenvalue weighted by atomic mass is 10.0. The van der Waals surface area contributed by atoms with Gasteiger partial charge in [-0.05, 0) is 48.7 Å². The Morgan fingerprint density at radius 2 is 2.00 bits per heavy atom. The molecule has 0 fully saturated rings. The number of fused-ring (bicyclic) bond motifs is 1. The van der Waals surface area contributed by atoms with Gasteiger partial charge in [-0.1, -0.05) is 29.8 Å². The van der Waals surface area contributed by atoms with E-state index in [4.69, 9.17) is 16.3 Å². The van der Waals surface area contributed by atoms with E-state index in [1.54, 1.807) is 11.9 Å². The normalized spacial score (nSPS) is 16.6. The Morgan fingerprint density at radius 3 is 2.80 bits per heavy atom. The van der Waals surface area contributed by atoms with Crippen LogP contribution in [0.2, 0.25) is 0 Å². The Morgan fingerprint density at radius 1 is 1.16 bits per heavy atom. The second kappa shape index (κ2) is 6.94. The van der Waals surface area contributed by atoms with Crippen molar-refractivity contribution in [3.63, 3.8) is 0 Å². The number of nitrogens with zero attached hydrogens (tertiary/aromatic N) is 3. The van der Waals surface area contributed by atoms with Crippen LogP contribution in [0.4, 0.5) is 0 Å². The summed E-state index contributed by atoms with van der Waals surface area (Å²) in [5.41, 5.74) is 3.01. The van der Waals surface area contributed by atoms with Crippen LogP contribution in [0.15, 0.2) is 64.2 Å². The summed E-state index contributed by atoms with van der Waals surface area (Å²) in [6, 6.07) is 13.6. The molecule has 0 unspecified atom stereocenters. The lowest BCUT2D eigenvalue weighted by molar-refractivity contribution is 0.461. The van der Waals surface area contributed by atoms with Gasteiger partial charge in [0.1, 0.15) is 11.6 Å². The van der Waals surface area contributed by atoms with Crippen LogP contribution in [0.25, 0.3) is 5.57 Å². The summed E-state index contributed by atoms with van der Waals surface area (Å²) in [7, 11) is 0. The van der Waals surface area contributed by atoms with Crippen molar-refractivity contribution in [1.82, 2.24) is 9.88 Å². The molecular weight excluding hydrogens is 354 g/mol. The van der Waals surface area contributed by atoms with Crippen LogP contribution in [0.1, 0.15) is 11.3 Å². The highest BCUT2D eigenvalue weighted by Crippen LogP contribution is 2.31. The van der Waals surface area contributed by atoms with E-state index in [1.165, 1.54) is 0 Å². The molecule has 0 N–H and O–H groups in total. The highest BCUT2D eigenvalue weighted by atomic mass is 35.5. The molecule has 2 aromatic rings. The van der Waals surface area contributed by atoms with Gasteiger partial charge in [-0.25, -0.2) is 4.98 Å². The molecule has 1 aromatic carbocycles. The molecule has 3 heterocycles. The summed E-state index contributed by atoms with van der Waals surface area (Å²) >= 11 is 7.87. The summed E-state index contributed by atoms with van der Waals surface area (Å²) in [6.07, 6.45) is 3.89. The molecule has 0 aliphatic carbocycles. The third-order valence-electron chi connectivity index (χ3n) is 3.90. The number of benzene rings is 1. The van der Waals surface area contributed by atoms with Crippen LogP contribution >= 0.6 is 23.5 Å². The zero-order valence-electron chi connectivity index (χ0n) is 13.6. The van der Waals surface area contributed by atoms with E-state index in [1.807, 2.05) is 61.7 Å². The quantitative estimate of drug-likeness (QED) is 0.712. The van der Waals surface area contributed by atoms with Crippen LogP contribution in [0.5, 0.6) is 11.6 Å². The lowest BCUT2D eigenvalue weighted by Crippen LogP contribution is -2.33. The fraction of sp³-hybridized carbons (Fsp3) is 0.158. The minimum Gasteiger partial charge on any atom is -0.439 e. The van der Waals surface area contributed by atoms with Gasteiger partial charge in [0, 0.05) is 35.8 Å². The van der Waals surface area contributed by atoms with Crippen LogP contribution in [0, 0.1) is 6.92 Å². The maximum atomic E-state index is 6.28. The molecule has 0 radical (unpaired) electrons. The van der Waals surface area contributed by atoms with Gasteiger partial charge in [0.05, 0.1) is 5.03 Å². The first-order chi connectivity index (χ1) is 12.2. The molecule has 0 saturated heterocycles. The van der Waals surface area contributed by atoms with Crippen molar-refractivity contribution in [1.29, 1.82) is 0 Å². The van der Waals surface area contributed by atoms with Crippen molar-refractivity contribution in [2.24, 2.45) is 4.40 Å². The Balaban J connectivity index is 1.59. The topological polar surface area (TPSA) is 37.7 Å². The SMILES string of the molecule is Cc1cccc(Oc2ccc(C3=CC(Cl)=CN4CCSN=C34)cc2)n1. The fourth-order valence-corrected chi connectivity index (χ4v) is 3.66. The molecule has 0 bridgehead atoms. The zero-order chi connectivity index (χ0) is 17.2. The highest BCUT2D eigenvalue weighted by molar-refractivity contribution is 7.98. The van der Waals surface area contributed by atoms with Crippen molar-refractivity contribution < 1.29 is 4.74 Å². The largest absolute Gasteiger partial charge is 0.439 e. The van der Waals surface area contributed by atoms with Gasteiger partial charge < -0.3 is 9.64 Å². The van der Waals surface area contributed by atoms with Gasteiger partial charge in [-0.2, -0.15) is 4.40 Å². The van der Waals surface area contributed by atoms with Gasteiger partial charge in [0.2, 0.25) is 5.88 Å². The fourth-order valence-electron chi connectivity index (χ4n) is 2.73. The minimum atomic E-state index is 0.592. The summed E-state index contributed by atoms with van der Waals surface area (Å²) in [6.45, 7) is 2.86. The number of ether oxygens (including phenoxy) is 1. The van der Waals surface area contributed by atoms with E-state index in [2.05, 4.69) is 14.3 Å². The highest BCUT2D eigenvalue weighted by Gasteiger charge is 2.23. The Bertz CT molecular complexity index is 890. The molecule has 4 nitrogen and oxygen atoms in total. The molecular formula is C19H16ClN3OS. The second-order valence-electron chi connectivity index (χ2n) is 5.76. The Labute approximate surface area is 156 Å². The number of aryl methyl sites for hydroxylation is 1. The second-order valence-corrected chi connectivity index (χ2v) is 7.04. The maximum absolute atomic E-state index is 6.28. The van der Waals surface area contributed by atoms with E-state index < -0.39 is 0 Å². The molecule has 0 saturated carbocycles. The van der Waals surface area contributed by atoms with Crippen LogP contribution in [-0.2, 0) is 0 Å². The van der Waals surface area contributed by atoms with E-state index in [9.17, 15) is 0 Å². The van der Waals surface area contributed by atoms with E-state index in [0.717, 1.165) is 40.7 Å². The number of allylic oxidation sites excluding steroid dienone is 2. The monoisotopic (exact) mass is 369 g/mol. The number of hydrogen-bond donors (Lipinski definition) is 0. The third kappa shape index (κ3) is 3.57. The molecule has 126 valence electrons. The third-order valence-corrected chi connectivity index (χ3v) is 4.77. The van der Waals surface area contributed by atoms with Gasteiger partial charge in [0.25, 0.3) is 0 Å². The smallest absolute Gasteiger partial charge is 0.219 e. The van der Waals surface area contributed by atoms with Crippen molar-refractivity contribution >= 4 is 35.0 Å². The number of halogens is 1. The molecule has 0 atom stereocenters. The Hall–Kier alpha value is -2.24. The summed E-state index contributed by atoms with van der Waals surface area (Å²) < 4.78 is 10.4. The van der Waals surface area contributed by atoms with Crippen LogP contribution < -0.4 is 4.74 Å². The lowest BCUT2D eigenvalue weighted by Gasteiger charge is -2.30. The molecule has 0 spiro atoms. The van der Waals surface area contributed by atoms with Gasteiger partial charge >= 0.3 is 0 Å². The number of aromatic nitrogens is 1. The predicted octanol–water partition coefficient (Wildman–Crippen LogP) is 5.02. The first-order valence-electron chi connectivity index (χ1n) is 7.97. The maximum Gasteiger partial charge on any atom is 0.219 e. The van der Waals surface area contributed by atoms with E-state index in [0.29, 0.717) is 10.9 Å². The number of rotatable bonds is 3.